The van der Waals surface area contributed by atoms with E-state index in [0.29, 0.717) is 18.1 Å². The number of halogens is 1. The molecule has 0 aromatic heterocycles. The molecule has 0 bridgehead atoms. The minimum Gasteiger partial charge on any atom is -0.381 e. The summed E-state index contributed by atoms with van der Waals surface area (Å²) >= 11 is 6.32. The molecule has 0 saturated carbocycles. The number of piperazine rings is 1. The van der Waals surface area contributed by atoms with E-state index in [0.717, 1.165) is 38.2 Å². The maximum absolute atomic E-state index is 12.6. The zero-order valence-corrected chi connectivity index (χ0v) is 13.9. The molecule has 1 unspecified atom stereocenters. The smallest absolute Gasteiger partial charge is 0.249 e. The summed E-state index contributed by atoms with van der Waals surface area (Å²) in [5.41, 5.74) is 0.987. The molecule has 3 rings (SSSR count). The van der Waals surface area contributed by atoms with Crippen molar-refractivity contribution in [2.75, 3.05) is 39.5 Å². The Balaban J connectivity index is 1.63. The number of hydrogen-bond acceptors (Lipinski definition) is 4. The number of nitrogens with one attached hydrogen (secondary N) is 1. The van der Waals surface area contributed by atoms with Gasteiger partial charge in [-0.2, -0.15) is 0 Å². The molecular weight excluding hydrogens is 316 g/mol. The maximum atomic E-state index is 12.6. The molecule has 2 heterocycles. The van der Waals surface area contributed by atoms with Crippen molar-refractivity contribution in [3.8, 4) is 0 Å². The minimum absolute atomic E-state index is 0.0305. The molecule has 1 amide bonds. The largest absolute Gasteiger partial charge is 0.381 e. The molecule has 0 aliphatic carbocycles. The Morgan fingerprint density at radius 3 is 2.91 bits per heavy atom. The number of carbonyl (C=O) groups is 1. The molecule has 2 saturated heterocycles. The van der Waals surface area contributed by atoms with Crippen LogP contribution in [0.25, 0.3) is 0 Å². The average molecular weight is 339 g/mol. The third kappa shape index (κ3) is 4.23. The molecule has 0 spiro atoms. The Hall–Kier alpha value is -1.14. The maximum Gasteiger partial charge on any atom is 0.249 e. The van der Waals surface area contributed by atoms with Gasteiger partial charge in [0.05, 0.1) is 12.1 Å². The lowest BCUT2D eigenvalue weighted by molar-refractivity contribution is -0.143. The molecule has 5 nitrogen and oxygen atoms in total. The first-order chi connectivity index (χ1) is 11.3. The standard InChI is InChI=1S/C17H23ClN2O3/c18-15-4-2-1-3-14(15)16-11-19-7-8-20(16)17(21)12-23-13-5-9-22-10-6-13/h1-4,13,16,19H,5-12H2. The highest BCUT2D eigenvalue weighted by atomic mass is 35.5. The van der Waals surface area contributed by atoms with E-state index in [9.17, 15) is 4.79 Å². The van der Waals surface area contributed by atoms with E-state index in [4.69, 9.17) is 21.1 Å². The predicted molar refractivity (Wildman–Crippen MR) is 88.6 cm³/mol. The monoisotopic (exact) mass is 338 g/mol. The second-order valence-electron chi connectivity index (χ2n) is 5.95. The highest BCUT2D eigenvalue weighted by Gasteiger charge is 2.29. The van der Waals surface area contributed by atoms with E-state index in [1.165, 1.54) is 0 Å². The zero-order valence-electron chi connectivity index (χ0n) is 13.2. The number of carbonyl (C=O) groups excluding carboxylic acids is 1. The summed E-state index contributed by atoms with van der Waals surface area (Å²) in [5.74, 6) is 0.0305. The van der Waals surface area contributed by atoms with Crippen LogP contribution in [0.5, 0.6) is 0 Å². The number of amides is 1. The number of benzene rings is 1. The van der Waals surface area contributed by atoms with Crippen LogP contribution in [-0.4, -0.2) is 56.4 Å². The summed E-state index contributed by atoms with van der Waals surface area (Å²) in [6.45, 7) is 3.75. The zero-order chi connectivity index (χ0) is 16.1. The van der Waals surface area contributed by atoms with E-state index in [1.54, 1.807) is 0 Å². The van der Waals surface area contributed by atoms with Crippen LogP contribution < -0.4 is 5.32 Å². The summed E-state index contributed by atoms with van der Waals surface area (Å²) in [4.78, 5) is 14.5. The fraction of sp³-hybridized carbons (Fsp3) is 0.588. The Bertz CT molecular complexity index is 534. The highest BCUT2D eigenvalue weighted by molar-refractivity contribution is 6.31. The van der Waals surface area contributed by atoms with E-state index >= 15 is 0 Å². The Morgan fingerprint density at radius 2 is 2.13 bits per heavy atom. The molecule has 126 valence electrons. The summed E-state index contributed by atoms with van der Waals surface area (Å²) in [7, 11) is 0. The van der Waals surface area contributed by atoms with Gasteiger partial charge in [-0.05, 0) is 24.5 Å². The fourth-order valence-electron chi connectivity index (χ4n) is 3.14. The van der Waals surface area contributed by atoms with Crippen molar-refractivity contribution >= 4 is 17.5 Å². The Kier molecular flexibility index (Phi) is 5.89. The number of ether oxygens (including phenoxy) is 2. The van der Waals surface area contributed by atoms with Crippen LogP contribution in [0.15, 0.2) is 24.3 Å². The highest BCUT2D eigenvalue weighted by Crippen LogP contribution is 2.28. The van der Waals surface area contributed by atoms with Crippen LogP contribution in [0, 0.1) is 0 Å². The molecule has 0 radical (unpaired) electrons. The fourth-order valence-corrected chi connectivity index (χ4v) is 3.40. The van der Waals surface area contributed by atoms with Crippen molar-refractivity contribution < 1.29 is 14.3 Å². The van der Waals surface area contributed by atoms with E-state index in [2.05, 4.69) is 5.32 Å². The van der Waals surface area contributed by atoms with Crippen molar-refractivity contribution in [2.45, 2.75) is 25.0 Å². The minimum atomic E-state index is -0.0387. The molecule has 2 aliphatic rings. The van der Waals surface area contributed by atoms with Gasteiger partial charge in [0.2, 0.25) is 5.91 Å². The molecule has 1 aromatic carbocycles. The van der Waals surface area contributed by atoms with E-state index < -0.39 is 0 Å². The third-order valence-corrected chi connectivity index (χ3v) is 4.78. The summed E-state index contributed by atoms with van der Waals surface area (Å²) < 4.78 is 11.1. The molecule has 6 heteroatoms. The van der Waals surface area contributed by atoms with Gasteiger partial charge in [-0.15, -0.1) is 0 Å². The average Bonchev–Trinajstić information content (AvgIpc) is 2.61. The normalized spacial score (nSPS) is 23.0. The Labute approximate surface area is 141 Å². The van der Waals surface area contributed by atoms with Gasteiger partial charge >= 0.3 is 0 Å². The molecule has 1 atom stereocenters. The molecular formula is C17H23ClN2O3. The van der Waals surface area contributed by atoms with Gasteiger partial charge in [0.15, 0.2) is 0 Å². The van der Waals surface area contributed by atoms with Crippen LogP contribution in [-0.2, 0) is 14.3 Å². The van der Waals surface area contributed by atoms with Gasteiger partial charge < -0.3 is 19.7 Å². The van der Waals surface area contributed by atoms with Crippen molar-refractivity contribution in [2.24, 2.45) is 0 Å². The van der Waals surface area contributed by atoms with Crippen molar-refractivity contribution in [1.82, 2.24) is 10.2 Å². The summed E-state index contributed by atoms with van der Waals surface area (Å²) in [6.07, 6.45) is 1.86. The van der Waals surface area contributed by atoms with E-state index in [1.807, 2.05) is 29.2 Å². The quantitative estimate of drug-likeness (QED) is 0.912. The van der Waals surface area contributed by atoms with E-state index in [-0.39, 0.29) is 24.7 Å². The first kappa shape index (κ1) is 16.7. The van der Waals surface area contributed by atoms with Crippen LogP contribution in [0.3, 0.4) is 0 Å². The van der Waals surface area contributed by atoms with Gasteiger partial charge in [0, 0.05) is 37.9 Å². The van der Waals surface area contributed by atoms with Crippen LogP contribution in [0.4, 0.5) is 0 Å². The number of nitrogens with zero attached hydrogens (tertiary/aromatic N) is 1. The van der Waals surface area contributed by atoms with Crippen LogP contribution >= 0.6 is 11.6 Å². The Morgan fingerprint density at radius 1 is 1.35 bits per heavy atom. The lowest BCUT2D eigenvalue weighted by atomic mass is 10.0. The number of hydrogen-bond donors (Lipinski definition) is 1. The van der Waals surface area contributed by atoms with Gasteiger partial charge in [-0.25, -0.2) is 0 Å². The van der Waals surface area contributed by atoms with Crippen LogP contribution in [0.2, 0.25) is 5.02 Å². The lowest BCUT2D eigenvalue weighted by Gasteiger charge is -2.37. The third-order valence-electron chi connectivity index (χ3n) is 4.44. The SMILES string of the molecule is O=C(COC1CCOCC1)N1CCNCC1c1ccccc1Cl. The van der Waals surface area contributed by atoms with Crippen molar-refractivity contribution in [3.63, 3.8) is 0 Å². The topological polar surface area (TPSA) is 50.8 Å². The van der Waals surface area contributed by atoms with Gasteiger partial charge in [0.1, 0.15) is 6.61 Å². The van der Waals surface area contributed by atoms with Crippen molar-refractivity contribution in [3.05, 3.63) is 34.9 Å². The second kappa shape index (κ2) is 8.11. The van der Waals surface area contributed by atoms with Gasteiger partial charge in [0.25, 0.3) is 0 Å². The molecule has 1 aromatic rings. The number of rotatable bonds is 4. The van der Waals surface area contributed by atoms with Crippen LogP contribution in [0.1, 0.15) is 24.4 Å². The first-order valence-corrected chi connectivity index (χ1v) is 8.57. The second-order valence-corrected chi connectivity index (χ2v) is 6.36. The molecule has 23 heavy (non-hydrogen) atoms. The molecule has 2 fully saturated rings. The summed E-state index contributed by atoms with van der Waals surface area (Å²) in [6, 6.07) is 7.68. The van der Waals surface area contributed by atoms with Gasteiger partial charge in [-0.3, -0.25) is 4.79 Å². The summed E-state index contributed by atoms with van der Waals surface area (Å²) in [5, 5.41) is 4.04. The molecule has 2 aliphatic heterocycles. The predicted octanol–water partition coefficient (Wildman–Crippen LogP) is 2.01. The first-order valence-electron chi connectivity index (χ1n) is 8.19. The van der Waals surface area contributed by atoms with Crippen molar-refractivity contribution in [1.29, 1.82) is 0 Å². The molecule has 1 N–H and O–H groups in total. The van der Waals surface area contributed by atoms with Gasteiger partial charge in [-0.1, -0.05) is 29.8 Å². The lowest BCUT2D eigenvalue weighted by Crippen LogP contribution is -2.50.